The maximum atomic E-state index is 12.5. The first-order chi connectivity index (χ1) is 15.5. The second kappa shape index (κ2) is 9.01. The summed E-state index contributed by atoms with van der Waals surface area (Å²) in [5.41, 5.74) is 7.71. The number of phenols is 1. The number of carbonyl (C=O) groups is 1. The highest BCUT2D eigenvalue weighted by molar-refractivity contribution is 5.93. The van der Waals surface area contributed by atoms with Gasteiger partial charge in [-0.05, 0) is 29.8 Å². The van der Waals surface area contributed by atoms with Crippen molar-refractivity contribution in [2.24, 2.45) is 0 Å². The molecule has 1 aliphatic heterocycles. The molecule has 0 aliphatic carbocycles. The zero-order valence-corrected chi connectivity index (χ0v) is 18.0. The summed E-state index contributed by atoms with van der Waals surface area (Å²) in [6, 6.07) is 10.2. The van der Waals surface area contributed by atoms with Crippen molar-refractivity contribution in [2.75, 3.05) is 51.0 Å². The number of aromatic hydroxyl groups is 1. The molecule has 9 heteroatoms. The van der Waals surface area contributed by atoms with Gasteiger partial charge in [-0.1, -0.05) is 12.1 Å². The number of nitrogen functional groups attached to an aromatic ring is 1. The van der Waals surface area contributed by atoms with Crippen LogP contribution >= 0.6 is 0 Å². The van der Waals surface area contributed by atoms with Crippen LogP contribution in [0.1, 0.15) is 5.56 Å². The van der Waals surface area contributed by atoms with E-state index >= 15 is 0 Å². The minimum Gasteiger partial charge on any atom is -0.508 e. The zero-order chi connectivity index (χ0) is 22.7. The van der Waals surface area contributed by atoms with Crippen LogP contribution in [-0.2, 0) is 4.79 Å². The molecule has 0 atom stereocenters. The molecule has 166 valence electrons. The third kappa shape index (κ3) is 4.36. The molecular weight excluding hydrogens is 410 g/mol. The van der Waals surface area contributed by atoms with Crippen molar-refractivity contribution in [3.63, 3.8) is 0 Å². The number of phenolic OH excluding ortho intramolecular Hbond substituents is 1. The quantitative estimate of drug-likeness (QED) is 0.587. The second-order valence-electron chi connectivity index (χ2n) is 7.37. The number of ether oxygens (including phenoxy) is 2. The van der Waals surface area contributed by atoms with Crippen LogP contribution in [0.2, 0.25) is 0 Å². The summed E-state index contributed by atoms with van der Waals surface area (Å²) in [5, 5.41) is 10.0. The molecule has 32 heavy (non-hydrogen) atoms. The number of hydrogen-bond donors (Lipinski definition) is 2. The van der Waals surface area contributed by atoms with Crippen LogP contribution in [0.25, 0.3) is 17.0 Å². The molecule has 1 fully saturated rings. The van der Waals surface area contributed by atoms with Crippen LogP contribution < -0.4 is 20.1 Å². The van der Waals surface area contributed by atoms with Crippen molar-refractivity contribution >= 4 is 34.7 Å². The number of anilines is 2. The van der Waals surface area contributed by atoms with Crippen LogP contribution in [0, 0.1) is 0 Å². The summed E-state index contributed by atoms with van der Waals surface area (Å²) in [6.45, 7) is 2.28. The third-order valence-electron chi connectivity index (χ3n) is 5.40. The summed E-state index contributed by atoms with van der Waals surface area (Å²) >= 11 is 0. The first-order valence-electron chi connectivity index (χ1n) is 10.2. The maximum absolute atomic E-state index is 12.5. The van der Waals surface area contributed by atoms with E-state index in [-0.39, 0.29) is 11.7 Å². The van der Waals surface area contributed by atoms with E-state index in [0.717, 1.165) is 5.56 Å². The second-order valence-corrected chi connectivity index (χ2v) is 7.37. The van der Waals surface area contributed by atoms with Crippen molar-refractivity contribution < 1.29 is 19.4 Å². The number of nitrogens with zero attached hydrogens (tertiary/aromatic N) is 4. The molecule has 3 N–H and O–H groups in total. The normalized spacial score (nSPS) is 14.2. The molecule has 0 saturated carbocycles. The molecule has 2 heterocycles. The average Bonchev–Trinajstić information content (AvgIpc) is 2.82. The first kappa shape index (κ1) is 21.2. The molecule has 9 nitrogen and oxygen atoms in total. The Morgan fingerprint density at radius 3 is 2.34 bits per heavy atom. The van der Waals surface area contributed by atoms with E-state index in [2.05, 4.69) is 9.97 Å². The van der Waals surface area contributed by atoms with E-state index < -0.39 is 0 Å². The Morgan fingerprint density at radius 1 is 1.03 bits per heavy atom. The minimum atomic E-state index is -0.0616. The number of amides is 1. The van der Waals surface area contributed by atoms with Crippen LogP contribution in [0.4, 0.5) is 11.8 Å². The summed E-state index contributed by atoms with van der Waals surface area (Å²) < 4.78 is 10.7. The number of nitrogens with two attached hydrogens (primary N) is 1. The predicted molar refractivity (Wildman–Crippen MR) is 123 cm³/mol. The van der Waals surface area contributed by atoms with Crippen LogP contribution in [0.15, 0.2) is 42.5 Å². The smallest absolute Gasteiger partial charge is 0.246 e. The molecule has 1 aliphatic rings. The number of hydrogen-bond acceptors (Lipinski definition) is 8. The highest BCUT2D eigenvalue weighted by Crippen LogP contribution is 2.34. The van der Waals surface area contributed by atoms with Gasteiger partial charge in [0.25, 0.3) is 0 Å². The predicted octanol–water partition coefficient (Wildman–Crippen LogP) is 2.30. The van der Waals surface area contributed by atoms with Gasteiger partial charge in [-0.15, -0.1) is 0 Å². The van der Waals surface area contributed by atoms with Crippen molar-refractivity contribution in [3.8, 4) is 17.2 Å². The molecule has 0 unspecified atom stereocenters. The van der Waals surface area contributed by atoms with Gasteiger partial charge in [-0.25, -0.2) is 4.98 Å². The fourth-order valence-corrected chi connectivity index (χ4v) is 3.59. The topological polar surface area (TPSA) is 114 Å². The molecule has 2 aromatic carbocycles. The SMILES string of the molecule is COc1cc2nc(N3CCN(C(=O)C=Cc4ccc(O)cc4)CC3)nc(N)c2cc1OC. The van der Waals surface area contributed by atoms with Crippen molar-refractivity contribution in [2.45, 2.75) is 0 Å². The van der Waals surface area contributed by atoms with Gasteiger partial charge < -0.3 is 30.1 Å². The Kier molecular flexibility index (Phi) is 5.98. The number of aromatic nitrogens is 2. The Morgan fingerprint density at radius 2 is 1.69 bits per heavy atom. The fraction of sp³-hybridized carbons (Fsp3) is 0.261. The highest BCUT2D eigenvalue weighted by Gasteiger charge is 2.22. The lowest BCUT2D eigenvalue weighted by atomic mass is 10.2. The lowest BCUT2D eigenvalue weighted by molar-refractivity contribution is -0.126. The number of piperazine rings is 1. The molecule has 1 saturated heterocycles. The largest absolute Gasteiger partial charge is 0.508 e. The summed E-state index contributed by atoms with van der Waals surface area (Å²) in [6.07, 6.45) is 3.29. The Labute approximate surface area is 185 Å². The third-order valence-corrected chi connectivity index (χ3v) is 5.40. The Hall–Kier alpha value is -4.01. The molecule has 4 rings (SSSR count). The van der Waals surface area contributed by atoms with Gasteiger partial charge in [-0.3, -0.25) is 4.79 Å². The van der Waals surface area contributed by atoms with Crippen molar-refractivity contribution in [3.05, 3.63) is 48.0 Å². The van der Waals surface area contributed by atoms with Gasteiger partial charge in [0.15, 0.2) is 11.5 Å². The van der Waals surface area contributed by atoms with E-state index in [1.165, 1.54) is 0 Å². The summed E-state index contributed by atoms with van der Waals surface area (Å²) in [7, 11) is 3.14. The fourth-order valence-electron chi connectivity index (χ4n) is 3.59. The molecule has 0 radical (unpaired) electrons. The summed E-state index contributed by atoms with van der Waals surface area (Å²) in [4.78, 5) is 25.5. The van der Waals surface area contributed by atoms with Gasteiger partial charge >= 0.3 is 0 Å². The Bertz CT molecular complexity index is 1160. The standard InChI is InChI=1S/C23H25N5O4/c1-31-19-13-17-18(14-20(19)32-2)25-23(26-22(17)24)28-11-9-27(10-12-28)21(30)8-5-15-3-6-16(29)7-4-15/h3-8,13-14,29H,9-12H2,1-2H3,(H2,24,25,26). The maximum Gasteiger partial charge on any atom is 0.246 e. The van der Waals surface area contributed by atoms with E-state index in [1.807, 2.05) is 4.90 Å². The molecule has 1 amide bonds. The van der Waals surface area contributed by atoms with Crippen LogP contribution in [0.5, 0.6) is 17.2 Å². The number of methoxy groups -OCH3 is 2. The monoisotopic (exact) mass is 435 g/mol. The molecular formula is C23H25N5O4. The average molecular weight is 435 g/mol. The van der Waals surface area contributed by atoms with Crippen LogP contribution in [0.3, 0.4) is 0 Å². The number of rotatable bonds is 5. The molecule has 1 aromatic heterocycles. The van der Waals surface area contributed by atoms with Crippen LogP contribution in [-0.4, -0.2) is 66.3 Å². The van der Waals surface area contributed by atoms with Crippen molar-refractivity contribution in [1.29, 1.82) is 0 Å². The van der Waals surface area contributed by atoms with Gasteiger partial charge in [0.1, 0.15) is 11.6 Å². The van der Waals surface area contributed by atoms with Crippen molar-refractivity contribution in [1.82, 2.24) is 14.9 Å². The van der Waals surface area contributed by atoms with E-state index in [9.17, 15) is 9.90 Å². The van der Waals surface area contributed by atoms with E-state index in [0.29, 0.717) is 60.3 Å². The zero-order valence-electron chi connectivity index (χ0n) is 18.0. The molecule has 0 spiro atoms. The van der Waals surface area contributed by atoms with E-state index in [4.69, 9.17) is 15.2 Å². The highest BCUT2D eigenvalue weighted by atomic mass is 16.5. The number of carbonyl (C=O) groups excluding carboxylic acids is 1. The molecule has 0 bridgehead atoms. The van der Waals surface area contributed by atoms with E-state index in [1.54, 1.807) is 67.7 Å². The van der Waals surface area contributed by atoms with Gasteiger partial charge in [0, 0.05) is 43.7 Å². The first-order valence-corrected chi connectivity index (χ1v) is 10.2. The van der Waals surface area contributed by atoms with Gasteiger partial charge in [0.05, 0.1) is 19.7 Å². The van der Waals surface area contributed by atoms with Gasteiger partial charge in [-0.2, -0.15) is 4.98 Å². The van der Waals surface area contributed by atoms with Gasteiger partial charge in [0.2, 0.25) is 11.9 Å². The minimum absolute atomic E-state index is 0.0616. The number of fused-ring (bicyclic) bond motifs is 1. The Balaban J connectivity index is 1.45. The lowest BCUT2D eigenvalue weighted by Crippen LogP contribution is -2.48. The lowest BCUT2D eigenvalue weighted by Gasteiger charge is -2.34. The summed E-state index contributed by atoms with van der Waals surface area (Å²) in [5.74, 6) is 2.15. The number of benzene rings is 2. The molecule has 3 aromatic rings.